The number of carboxylic acid groups (broad SMARTS) is 1. The number of hydrogen-bond donors (Lipinski definition) is 1. The van der Waals surface area contributed by atoms with Crippen LogP contribution in [0.25, 0.3) is 11.3 Å². The van der Waals surface area contributed by atoms with Gasteiger partial charge in [0.1, 0.15) is 5.69 Å². The summed E-state index contributed by atoms with van der Waals surface area (Å²) in [5.74, 6) is -0.882. The molecule has 0 amide bonds. The number of halogens is 1. The molecule has 1 aromatic carbocycles. The second kappa shape index (κ2) is 5.61. The normalized spacial score (nSPS) is 10.7. The first kappa shape index (κ1) is 13.9. The van der Waals surface area contributed by atoms with Crippen molar-refractivity contribution in [1.82, 2.24) is 4.57 Å². The molecule has 100 valence electrons. The average molecular weight is 322 g/mol. The first-order valence-corrected chi connectivity index (χ1v) is 7.03. The lowest BCUT2D eigenvalue weighted by molar-refractivity contribution is 0.0685. The fourth-order valence-corrected chi connectivity index (χ4v) is 2.59. The molecule has 0 radical (unpaired) electrons. The highest BCUT2D eigenvalue weighted by Gasteiger charge is 2.15. The van der Waals surface area contributed by atoms with Crippen molar-refractivity contribution in [2.75, 3.05) is 0 Å². The Labute approximate surface area is 121 Å². The van der Waals surface area contributed by atoms with E-state index in [0.717, 1.165) is 27.7 Å². The Kier molecular flexibility index (Phi) is 4.10. The number of carboxylic acids is 1. The first-order valence-electron chi connectivity index (χ1n) is 6.24. The van der Waals surface area contributed by atoms with Gasteiger partial charge in [0.2, 0.25) is 0 Å². The van der Waals surface area contributed by atoms with E-state index in [2.05, 4.69) is 15.9 Å². The minimum Gasteiger partial charge on any atom is -0.477 e. The van der Waals surface area contributed by atoms with Gasteiger partial charge >= 0.3 is 5.97 Å². The molecule has 0 aliphatic carbocycles. The lowest BCUT2D eigenvalue weighted by Gasteiger charge is -2.13. The van der Waals surface area contributed by atoms with Crippen LogP contribution in [0, 0.1) is 6.92 Å². The third-order valence-corrected chi connectivity index (χ3v) is 3.62. The van der Waals surface area contributed by atoms with Gasteiger partial charge in [-0.3, -0.25) is 0 Å². The zero-order valence-corrected chi connectivity index (χ0v) is 12.6. The van der Waals surface area contributed by atoms with E-state index in [1.165, 1.54) is 0 Å². The molecule has 2 aromatic rings. The van der Waals surface area contributed by atoms with Crippen LogP contribution in [0.15, 0.2) is 34.8 Å². The molecular formula is C15H16BrNO2. The maximum absolute atomic E-state index is 11.3. The Balaban J connectivity index is 2.61. The van der Waals surface area contributed by atoms with Gasteiger partial charge in [-0.05, 0) is 43.2 Å². The lowest BCUT2D eigenvalue weighted by atomic mass is 10.1. The number of aryl methyl sites for hydroxylation is 1. The number of carbonyl (C=O) groups is 1. The van der Waals surface area contributed by atoms with Crippen LogP contribution in [-0.2, 0) is 6.54 Å². The Morgan fingerprint density at radius 1 is 1.32 bits per heavy atom. The molecule has 1 aromatic heterocycles. The monoisotopic (exact) mass is 321 g/mol. The summed E-state index contributed by atoms with van der Waals surface area (Å²) in [6.45, 7) is 4.78. The van der Waals surface area contributed by atoms with E-state index < -0.39 is 5.97 Å². The van der Waals surface area contributed by atoms with Gasteiger partial charge in [-0.25, -0.2) is 4.79 Å². The molecule has 0 aliphatic rings. The van der Waals surface area contributed by atoms with Gasteiger partial charge in [0.15, 0.2) is 0 Å². The second-order valence-corrected chi connectivity index (χ2v) is 5.44. The molecule has 0 fully saturated rings. The smallest absolute Gasteiger partial charge is 0.352 e. The van der Waals surface area contributed by atoms with E-state index in [-0.39, 0.29) is 0 Å². The van der Waals surface area contributed by atoms with Gasteiger partial charge in [0.05, 0.1) is 0 Å². The van der Waals surface area contributed by atoms with Gasteiger partial charge in [-0.15, -0.1) is 0 Å². The number of nitrogens with zero attached hydrogens (tertiary/aromatic N) is 1. The summed E-state index contributed by atoms with van der Waals surface area (Å²) >= 11 is 3.47. The Bertz CT molecular complexity index is 617. The van der Waals surface area contributed by atoms with Crippen molar-refractivity contribution >= 4 is 21.9 Å². The van der Waals surface area contributed by atoms with Gasteiger partial charge in [-0.1, -0.05) is 28.9 Å². The van der Waals surface area contributed by atoms with Crippen molar-refractivity contribution in [1.29, 1.82) is 0 Å². The molecule has 1 N–H and O–H groups in total. The number of rotatable bonds is 4. The molecule has 19 heavy (non-hydrogen) atoms. The largest absolute Gasteiger partial charge is 0.477 e. The third-order valence-electron chi connectivity index (χ3n) is 3.12. The Morgan fingerprint density at radius 2 is 2.05 bits per heavy atom. The van der Waals surface area contributed by atoms with Crippen molar-refractivity contribution in [2.24, 2.45) is 0 Å². The van der Waals surface area contributed by atoms with Crippen LogP contribution in [0.2, 0.25) is 0 Å². The number of aromatic carboxylic acids is 1. The molecule has 0 unspecified atom stereocenters. The highest BCUT2D eigenvalue weighted by atomic mass is 79.9. The van der Waals surface area contributed by atoms with Gasteiger partial charge in [-0.2, -0.15) is 0 Å². The first-order chi connectivity index (χ1) is 9.04. The number of hydrogen-bond acceptors (Lipinski definition) is 1. The fourth-order valence-electron chi connectivity index (χ4n) is 2.22. The zero-order chi connectivity index (χ0) is 14.0. The van der Waals surface area contributed by atoms with E-state index in [1.54, 1.807) is 6.07 Å². The summed E-state index contributed by atoms with van der Waals surface area (Å²) in [7, 11) is 0. The van der Waals surface area contributed by atoms with Gasteiger partial charge in [0, 0.05) is 22.3 Å². The predicted molar refractivity (Wildman–Crippen MR) is 79.6 cm³/mol. The van der Waals surface area contributed by atoms with Crippen LogP contribution < -0.4 is 0 Å². The third kappa shape index (κ3) is 2.73. The fraction of sp³-hybridized carbons (Fsp3) is 0.267. The lowest BCUT2D eigenvalue weighted by Crippen LogP contribution is -2.09. The molecule has 0 bridgehead atoms. The maximum atomic E-state index is 11.3. The summed E-state index contributed by atoms with van der Waals surface area (Å²) in [5, 5.41) is 9.25. The molecule has 3 nitrogen and oxygen atoms in total. The zero-order valence-electron chi connectivity index (χ0n) is 11.0. The molecule has 0 saturated heterocycles. The molecular weight excluding hydrogens is 306 g/mol. The van der Waals surface area contributed by atoms with Crippen molar-refractivity contribution in [3.8, 4) is 11.3 Å². The van der Waals surface area contributed by atoms with E-state index in [4.69, 9.17) is 0 Å². The maximum Gasteiger partial charge on any atom is 0.352 e. The summed E-state index contributed by atoms with van der Waals surface area (Å²) in [5.41, 5.74) is 3.50. The molecule has 0 atom stereocenters. The Hall–Kier alpha value is -1.55. The quantitative estimate of drug-likeness (QED) is 0.910. The van der Waals surface area contributed by atoms with Crippen LogP contribution in [0.1, 0.15) is 29.4 Å². The van der Waals surface area contributed by atoms with E-state index in [9.17, 15) is 9.90 Å². The van der Waals surface area contributed by atoms with Crippen LogP contribution in [-0.4, -0.2) is 15.6 Å². The minimum atomic E-state index is -0.882. The summed E-state index contributed by atoms with van der Waals surface area (Å²) in [4.78, 5) is 11.3. The van der Waals surface area contributed by atoms with E-state index in [1.807, 2.05) is 42.7 Å². The standard InChI is InChI=1S/C15H16BrNO2/c1-3-8-17-13(6-7-14(17)15(18)19)12-9-11(16)5-4-10(12)2/h4-7,9H,3,8H2,1-2H3,(H,18,19). The summed E-state index contributed by atoms with van der Waals surface area (Å²) in [6.07, 6.45) is 0.898. The molecule has 0 aliphatic heterocycles. The topological polar surface area (TPSA) is 42.2 Å². The number of benzene rings is 1. The van der Waals surface area contributed by atoms with Crippen LogP contribution in [0.3, 0.4) is 0 Å². The average Bonchev–Trinajstić information content (AvgIpc) is 2.76. The highest BCUT2D eigenvalue weighted by molar-refractivity contribution is 9.10. The summed E-state index contributed by atoms with van der Waals surface area (Å²) < 4.78 is 2.87. The molecule has 1 heterocycles. The molecule has 0 saturated carbocycles. The highest BCUT2D eigenvalue weighted by Crippen LogP contribution is 2.29. The minimum absolute atomic E-state index is 0.344. The van der Waals surface area contributed by atoms with E-state index in [0.29, 0.717) is 12.2 Å². The molecule has 0 spiro atoms. The SMILES string of the molecule is CCCn1c(C(=O)O)ccc1-c1cc(Br)ccc1C. The summed E-state index contributed by atoms with van der Waals surface area (Å²) in [6, 6.07) is 9.61. The van der Waals surface area contributed by atoms with Crippen molar-refractivity contribution in [3.05, 3.63) is 46.1 Å². The van der Waals surface area contributed by atoms with Crippen LogP contribution >= 0.6 is 15.9 Å². The van der Waals surface area contributed by atoms with Crippen molar-refractivity contribution in [3.63, 3.8) is 0 Å². The Morgan fingerprint density at radius 3 is 2.68 bits per heavy atom. The van der Waals surface area contributed by atoms with Crippen LogP contribution in [0.5, 0.6) is 0 Å². The number of aromatic nitrogens is 1. The molecule has 4 heteroatoms. The second-order valence-electron chi connectivity index (χ2n) is 4.52. The van der Waals surface area contributed by atoms with Crippen LogP contribution in [0.4, 0.5) is 0 Å². The van der Waals surface area contributed by atoms with Gasteiger partial charge < -0.3 is 9.67 Å². The molecule has 2 rings (SSSR count). The van der Waals surface area contributed by atoms with Crippen molar-refractivity contribution < 1.29 is 9.90 Å². The van der Waals surface area contributed by atoms with Gasteiger partial charge in [0.25, 0.3) is 0 Å². The van der Waals surface area contributed by atoms with Crippen molar-refractivity contribution in [2.45, 2.75) is 26.8 Å². The van der Waals surface area contributed by atoms with E-state index >= 15 is 0 Å². The predicted octanol–water partition coefficient (Wildman–Crippen LogP) is 4.33.